The molecule has 0 spiro atoms. The van der Waals surface area contributed by atoms with E-state index in [1.165, 1.54) is 64.7 Å². The first-order valence-electron chi connectivity index (χ1n) is 8.46. The third kappa shape index (κ3) is 4.38. The van der Waals surface area contributed by atoms with E-state index >= 15 is 0 Å². The molecule has 20 heavy (non-hydrogen) atoms. The highest BCUT2D eigenvalue weighted by Crippen LogP contribution is 2.39. The van der Waals surface area contributed by atoms with E-state index in [0.29, 0.717) is 16.2 Å². The van der Waals surface area contributed by atoms with Crippen LogP contribution in [0.1, 0.15) is 59.3 Å². The van der Waals surface area contributed by atoms with Crippen molar-refractivity contribution < 1.29 is 0 Å². The molecule has 0 aromatic carbocycles. The Hall–Kier alpha value is 0.270. The van der Waals surface area contributed by atoms with Gasteiger partial charge in [-0.05, 0) is 44.0 Å². The molecule has 0 aromatic heterocycles. The summed E-state index contributed by atoms with van der Waals surface area (Å²) in [5.74, 6) is 0. The van der Waals surface area contributed by atoms with Crippen LogP contribution in [0.5, 0.6) is 0 Å². The Bertz CT molecular complexity index is 292. The highest BCUT2D eigenvalue weighted by molar-refractivity contribution is 8.00. The predicted octanol–water partition coefficient (Wildman–Crippen LogP) is 3.76. The molecule has 2 fully saturated rings. The molecule has 1 saturated carbocycles. The van der Waals surface area contributed by atoms with Crippen molar-refractivity contribution in [2.45, 2.75) is 70.1 Å². The number of thioether (sulfide) groups is 1. The second-order valence-electron chi connectivity index (χ2n) is 7.91. The predicted molar refractivity (Wildman–Crippen MR) is 91.6 cm³/mol. The van der Waals surface area contributed by atoms with Gasteiger partial charge in [0.2, 0.25) is 0 Å². The third-order valence-corrected chi connectivity index (χ3v) is 6.64. The van der Waals surface area contributed by atoms with Crippen LogP contribution < -0.4 is 5.32 Å². The number of hydrogen-bond donors (Lipinski definition) is 1. The molecule has 1 unspecified atom stereocenters. The minimum Gasteiger partial charge on any atom is -0.312 e. The van der Waals surface area contributed by atoms with Crippen LogP contribution in [0.2, 0.25) is 0 Å². The lowest BCUT2D eigenvalue weighted by Crippen LogP contribution is -2.49. The second kappa shape index (κ2) is 7.02. The van der Waals surface area contributed by atoms with E-state index in [2.05, 4.69) is 49.0 Å². The lowest BCUT2D eigenvalue weighted by molar-refractivity contribution is 0.174. The SMILES string of the molecule is CSC1(CN2CCCNC(C(C)(C)C)C2)CCCCC1. The largest absolute Gasteiger partial charge is 0.312 e. The van der Waals surface area contributed by atoms with Crippen LogP contribution >= 0.6 is 11.8 Å². The maximum Gasteiger partial charge on any atom is 0.0284 e. The van der Waals surface area contributed by atoms with Crippen LogP contribution in [0.3, 0.4) is 0 Å². The van der Waals surface area contributed by atoms with Crippen LogP contribution in [0, 0.1) is 5.41 Å². The summed E-state index contributed by atoms with van der Waals surface area (Å²) in [7, 11) is 0. The molecule has 1 aliphatic carbocycles. The van der Waals surface area contributed by atoms with Gasteiger partial charge >= 0.3 is 0 Å². The van der Waals surface area contributed by atoms with Crippen LogP contribution in [-0.2, 0) is 0 Å². The van der Waals surface area contributed by atoms with Crippen molar-refractivity contribution in [1.29, 1.82) is 0 Å². The number of nitrogens with one attached hydrogen (secondary N) is 1. The average Bonchev–Trinajstić information content (AvgIpc) is 2.65. The van der Waals surface area contributed by atoms with Gasteiger partial charge in [-0.1, -0.05) is 40.0 Å². The number of nitrogens with zero attached hydrogens (tertiary/aromatic N) is 1. The maximum absolute atomic E-state index is 3.77. The zero-order valence-corrected chi connectivity index (χ0v) is 14.8. The lowest BCUT2D eigenvalue weighted by Gasteiger charge is -2.41. The molecule has 1 saturated heterocycles. The van der Waals surface area contributed by atoms with E-state index in [4.69, 9.17) is 0 Å². The normalized spacial score (nSPS) is 29.1. The molecule has 0 bridgehead atoms. The van der Waals surface area contributed by atoms with Gasteiger partial charge in [0.25, 0.3) is 0 Å². The van der Waals surface area contributed by atoms with Gasteiger partial charge in [-0.3, -0.25) is 0 Å². The van der Waals surface area contributed by atoms with Gasteiger partial charge in [-0.15, -0.1) is 0 Å². The average molecular weight is 299 g/mol. The summed E-state index contributed by atoms with van der Waals surface area (Å²) in [5, 5.41) is 3.77. The molecular weight excluding hydrogens is 264 g/mol. The van der Waals surface area contributed by atoms with Gasteiger partial charge < -0.3 is 10.2 Å². The van der Waals surface area contributed by atoms with Gasteiger partial charge in [-0.2, -0.15) is 11.8 Å². The molecule has 0 aromatic rings. The molecule has 1 atom stereocenters. The van der Waals surface area contributed by atoms with E-state index in [-0.39, 0.29) is 0 Å². The standard InChI is InChI=1S/C17H34N2S/c1-16(2,3)15-13-19(12-8-11-18-15)14-17(20-4)9-6-5-7-10-17/h15,18H,5-14H2,1-4H3. The van der Waals surface area contributed by atoms with Crippen LogP contribution in [0.4, 0.5) is 0 Å². The van der Waals surface area contributed by atoms with Gasteiger partial charge in [0, 0.05) is 23.9 Å². The van der Waals surface area contributed by atoms with E-state index in [1.54, 1.807) is 0 Å². The van der Waals surface area contributed by atoms with Gasteiger partial charge in [0.15, 0.2) is 0 Å². The Morgan fingerprint density at radius 3 is 2.45 bits per heavy atom. The Kier molecular flexibility index (Phi) is 5.84. The molecule has 1 aliphatic heterocycles. The molecule has 2 nitrogen and oxygen atoms in total. The van der Waals surface area contributed by atoms with Crippen LogP contribution in [0.15, 0.2) is 0 Å². The fourth-order valence-electron chi connectivity index (χ4n) is 3.75. The zero-order chi connectivity index (χ0) is 14.6. The Balaban J connectivity index is 1.99. The van der Waals surface area contributed by atoms with Gasteiger partial charge in [-0.25, -0.2) is 0 Å². The Morgan fingerprint density at radius 1 is 1.15 bits per heavy atom. The molecule has 1 heterocycles. The molecule has 0 amide bonds. The fraction of sp³-hybridized carbons (Fsp3) is 1.00. The minimum absolute atomic E-state index is 0.363. The molecule has 1 N–H and O–H groups in total. The Labute approximate surface area is 130 Å². The first-order valence-corrected chi connectivity index (χ1v) is 9.69. The molecule has 3 heteroatoms. The lowest BCUT2D eigenvalue weighted by atomic mass is 9.85. The third-order valence-electron chi connectivity index (χ3n) is 5.24. The molecule has 118 valence electrons. The van der Waals surface area contributed by atoms with Gasteiger partial charge in [0.1, 0.15) is 0 Å². The monoisotopic (exact) mass is 298 g/mol. The molecular formula is C17H34N2S. The second-order valence-corrected chi connectivity index (χ2v) is 9.18. The van der Waals surface area contributed by atoms with Crippen molar-refractivity contribution in [3.63, 3.8) is 0 Å². The summed E-state index contributed by atoms with van der Waals surface area (Å²) in [6.07, 6.45) is 10.8. The van der Waals surface area contributed by atoms with Crippen molar-refractivity contribution in [1.82, 2.24) is 10.2 Å². The topological polar surface area (TPSA) is 15.3 Å². The van der Waals surface area contributed by atoms with E-state index in [9.17, 15) is 0 Å². The smallest absolute Gasteiger partial charge is 0.0284 e. The summed E-state index contributed by atoms with van der Waals surface area (Å²) < 4.78 is 0.547. The van der Waals surface area contributed by atoms with Gasteiger partial charge in [0.05, 0.1) is 0 Å². The van der Waals surface area contributed by atoms with Crippen molar-refractivity contribution in [2.75, 3.05) is 32.4 Å². The maximum atomic E-state index is 3.77. The van der Waals surface area contributed by atoms with Crippen LogP contribution in [-0.4, -0.2) is 48.1 Å². The highest BCUT2D eigenvalue weighted by atomic mass is 32.2. The van der Waals surface area contributed by atoms with Crippen molar-refractivity contribution in [3.8, 4) is 0 Å². The molecule has 2 rings (SSSR count). The summed E-state index contributed by atoms with van der Waals surface area (Å²) in [6, 6.07) is 0.632. The number of hydrogen-bond acceptors (Lipinski definition) is 3. The quantitative estimate of drug-likeness (QED) is 0.854. The van der Waals surface area contributed by atoms with E-state index in [0.717, 1.165) is 0 Å². The highest BCUT2D eigenvalue weighted by Gasteiger charge is 2.35. The zero-order valence-electron chi connectivity index (χ0n) is 14.0. The first kappa shape index (κ1) is 16.6. The molecule has 2 aliphatic rings. The fourth-order valence-corrected chi connectivity index (χ4v) is 4.76. The summed E-state index contributed by atoms with van der Waals surface area (Å²) in [5.41, 5.74) is 0.363. The summed E-state index contributed by atoms with van der Waals surface area (Å²) in [4.78, 5) is 2.76. The minimum atomic E-state index is 0.363. The van der Waals surface area contributed by atoms with Crippen molar-refractivity contribution in [3.05, 3.63) is 0 Å². The van der Waals surface area contributed by atoms with Crippen molar-refractivity contribution >= 4 is 11.8 Å². The molecule has 0 radical (unpaired) electrons. The van der Waals surface area contributed by atoms with Crippen LogP contribution in [0.25, 0.3) is 0 Å². The van der Waals surface area contributed by atoms with Crippen molar-refractivity contribution in [2.24, 2.45) is 5.41 Å². The van der Waals surface area contributed by atoms with E-state index < -0.39 is 0 Å². The Morgan fingerprint density at radius 2 is 1.85 bits per heavy atom. The summed E-state index contributed by atoms with van der Waals surface area (Å²) >= 11 is 2.14. The first-order chi connectivity index (χ1) is 9.45. The summed E-state index contributed by atoms with van der Waals surface area (Å²) in [6.45, 7) is 12.1. The number of rotatable bonds is 3. The van der Waals surface area contributed by atoms with E-state index in [1.807, 2.05) is 0 Å².